The van der Waals surface area contributed by atoms with Crippen molar-refractivity contribution in [2.24, 2.45) is 0 Å². The largest absolute Gasteiger partial charge is 1.00 e. The average molecular weight is 590 g/mol. The summed E-state index contributed by atoms with van der Waals surface area (Å²) in [5.41, 5.74) is -6.60. The van der Waals surface area contributed by atoms with Crippen molar-refractivity contribution >= 4 is 23.9 Å². The van der Waals surface area contributed by atoms with Crippen LogP contribution in [0.3, 0.4) is 0 Å². The molecular formula is C16H6F12NRbS2. The molecule has 2 aromatic carbocycles. The fraction of sp³-hybridized carbons (Fsp3) is 0.250. The molecule has 0 aliphatic rings. The molecule has 172 valence electrons. The van der Waals surface area contributed by atoms with Gasteiger partial charge in [0.2, 0.25) is 0 Å². The Morgan fingerprint density at radius 2 is 0.656 bits per heavy atom. The van der Waals surface area contributed by atoms with Gasteiger partial charge in [-0.1, -0.05) is 0 Å². The number of rotatable bonds is 4. The predicted octanol–water partition coefficient (Wildman–Crippen LogP) is 5.85. The van der Waals surface area contributed by atoms with Gasteiger partial charge in [-0.15, -0.1) is 0 Å². The average Bonchev–Trinajstić information content (AvgIpc) is 2.58. The zero-order valence-electron chi connectivity index (χ0n) is 15.3. The second kappa shape index (κ2) is 10.8. The van der Waals surface area contributed by atoms with Gasteiger partial charge in [0.1, 0.15) is 0 Å². The van der Waals surface area contributed by atoms with Crippen molar-refractivity contribution < 1.29 is 111 Å². The first-order valence-electron chi connectivity index (χ1n) is 7.51. The SMILES string of the molecule is FC(F)(F)c1cc(S[N-]Sc2cc(C(F)(F)F)cc(C(F)(F)F)c2)cc(C(F)(F)F)c1.[Rb+]. The molecule has 2 rings (SSSR count). The van der Waals surface area contributed by atoms with Crippen LogP contribution in [0, 0.1) is 0 Å². The molecule has 0 bridgehead atoms. The van der Waals surface area contributed by atoms with Gasteiger partial charge in [0.25, 0.3) is 0 Å². The first kappa shape index (κ1) is 30.1. The van der Waals surface area contributed by atoms with Crippen LogP contribution in [0.5, 0.6) is 0 Å². The zero-order chi connectivity index (χ0) is 23.8. The molecule has 0 N–H and O–H groups in total. The van der Waals surface area contributed by atoms with Gasteiger partial charge in [-0.2, -0.15) is 52.7 Å². The number of benzene rings is 2. The Balaban J connectivity index is 0.00000512. The van der Waals surface area contributed by atoms with E-state index in [-0.39, 0.29) is 94.2 Å². The predicted molar refractivity (Wildman–Crippen MR) is 88.0 cm³/mol. The Hall–Kier alpha value is 0.0652. The van der Waals surface area contributed by atoms with Gasteiger partial charge in [0.05, 0.1) is 22.3 Å². The second-order valence-corrected chi connectivity index (χ2v) is 7.64. The molecule has 0 saturated carbocycles. The molecule has 0 atom stereocenters. The minimum atomic E-state index is -5.13. The van der Waals surface area contributed by atoms with Crippen LogP contribution in [0.1, 0.15) is 22.3 Å². The Labute approximate surface area is 229 Å². The Bertz CT molecular complexity index is 795. The number of nitrogens with zero attached hydrogens (tertiary/aromatic N) is 1. The maximum absolute atomic E-state index is 12.8. The molecule has 1 nitrogen and oxygen atoms in total. The van der Waals surface area contributed by atoms with Gasteiger partial charge in [0, 0.05) is 0 Å². The van der Waals surface area contributed by atoms with Gasteiger partial charge < -0.3 is 4.13 Å². The molecule has 0 heterocycles. The molecule has 0 amide bonds. The number of hydrogen-bond acceptors (Lipinski definition) is 2. The molecule has 32 heavy (non-hydrogen) atoms. The third kappa shape index (κ3) is 8.69. The summed E-state index contributed by atoms with van der Waals surface area (Å²) < 4.78 is 157. The summed E-state index contributed by atoms with van der Waals surface area (Å²) in [7, 11) is 0. The van der Waals surface area contributed by atoms with E-state index in [4.69, 9.17) is 0 Å². The van der Waals surface area contributed by atoms with E-state index in [9.17, 15) is 52.7 Å². The van der Waals surface area contributed by atoms with Crippen LogP contribution in [-0.4, -0.2) is 0 Å². The maximum atomic E-state index is 12.8. The van der Waals surface area contributed by atoms with Gasteiger partial charge >= 0.3 is 82.9 Å². The van der Waals surface area contributed by atoms with Gasteiger partial charge in [0.15, 0.2) is 0 Å². The Kier molecular flexibility index (Phi) is 10.1. The van der Waals surface area contributed by atoms with Crippen LogP contribution in [0.25, 0.3) is 4.13 Å². The third-order valence-corrected chi connectivity index (χ3v) is 4.90. The summed E-state index contributed by atoms with van der Waals surface area (Å²) in [5.74, 6) is 0. The van der Waals surface area contributed by atoms with E-state index in [1.165, 1.54) is 0 Å². The zero-order valence-corrected chi connectivity index (χ0v) is 21.8. The van der Waals surface area contributed by atoms with E-state index in [0.29, 0.717) is 24.3 Å². The van der Waals surface area contributed by atoms with Crippen molar-refractivity contribution in [1.82, 2.24) is 0 Å². The molecule has 0 radical (unpaired) electrons. The van der Waals surface area contributed by atoms with Crippen LogP contribution in [-0.2, 0) is 24.7 Å². The molecule has 0 fully saturated rings. The standard InChI is InChI=1S/C16H6F12NS2.Rb/c17-13(18,19)7-1-8(14(20,21)22)4-11(3-7)30-29-31-12-5-9(15(23,24)25)2-10(6-12)16(26,27)28;/h1-6H;/q-1;+1. The first-order chi connectivity index (χ1) is 13.9. The summed E-state index contributed by atoms with van der Waals surface area (Å²) in [6, 6.07) is 0.988. The van der Waals surface area contributed by atoms with E-state index in [1.54, 1.807) is 0 Å². The van der Waals surface area contributed by atoms with Crippen LogP contribution in [0.2, 0.25) is 0 Å². The van der Waals surface area contributed by atoms with Crippen molar-refractivity contribution in [1.29, 1.82) is 0 Å². The second-order valence-electron chi connectivity index (χ2n) is 5.74. The number of alkyl halides is 12. The van der Waals surface area contributed by atoms with Crippen molar-refractivity contribution in [2.75, 3.05) is 0 Å². The molecule has 0 aliphatic carbocycles. The van der Waals surface area contributed by atoms with E-state index >= 15 is 0 Å². The number of halogens is 12. The van der Waals surface area contributed by atoms with Crippen molar-refractivity contribution in [2.45, 2.75) is 34.5 Å². The summed E-state index contributed by atoms with van der Waals surface area (Å²) >= 11 is 0.0560. The van der Waals surface area contributed by atoms with Crippen molar-refractivity contribution in [3.63, 3.8) is 0 Å². The molecule has 0 saturated heterocycles. The van der Waals surface area contributed by atoms with Gasteiger partial charge in [-0.3, -0.25) is 0 Å². The summed E-state index contributed by atoms with van der Waals surface area (Å²) in [5, 5.41) is 0. The van der Waals surface area contributed by atoms with Crippen molar-refractivity contribution in [3.8, 4) is 0 Å². The van der Waals surface area contributed by atoms with Gasteiger partial charge in [-0.05, 0) is 46.2 Å². The minimum absolute atomic E-state index is 0. The van der Waals surface area contributed by atoms with Gasteiger partial charge in [-0.25, -0.2) is 23.9 Å². The number of hydrogen-bond donors (Lipinski definition) is 0. The van der Waals surface area contributed by atoms with E-state index in [0.717, 1.165) is 0 Å². The first-order valence-corrected chi connectivity index (χ1v) is 9.05. The van der Waals surface area contributed by atoms with Crippen LogP contribution in [0.4, 0.5) is 52.7 Å². The summed E-state index contributed by atoms with van der Waals surface area (Å²) in [4.78, 5) is -1.34. The quantitative estimate of drug-likeness (QED) is 0.328. The maximum Gasteiger partial charge on any atom is 1.00 e. The fourth-order valence-corrected chi connectivity index (χ4v) is 3.62. The Morgan fingerprint density at radius 1 is 0.438 bits per heavy atom. The van der Waals surface area contributed by atoms with Crippen molar-refractivity contribution in [3.05, 3.63) is 62.8 Å². The van der Waals surface area contributed by atoms with Crippen LogP contribution in [0.15, 0.2) is 46.2 Å². The van der Waals surface area contributed by atoms with Crippen LogP contribution >= 0.6 is 23.9 Å². The third-order valence-electron chi connectivity index (χ3n) is 3.41. The molecular weight excluding hydrogens is 584 g/mol. The molecule has 0 aromatic heterocycles. The Morgan fingerprint density at radius 3 is 0.844 bits per heavy atom. The monoisotopic (exact) mass is 589 g/mol. The normalized spacial score (nSPS) is 13.1. The summed E-state index contributed by atoms with van der Waals surface area (Å²) in [6.45, 7) is 0. The molecule has 0 aliphatic heterocycles. The molecule has 0 spiro atoms. The molecule has 0 unspecified atom stereocenters. The molecule has 2 aromatic rings. The van der Waals surface area contributed by atoms with E-state index < -0.39 is 56.7 Å². The smallest absolute Gasteiger partial charge is 0.542 e. The minimum Gasteiger partial charge on any atom is -0.542 e. The fourth-order valence-electron chi connectivity index (χ4n) is 2.06. The van der Waals surface area contributed by atoms with Crippen LogP contribution < -0.4 is 58.2 Å². The van der Waals surface area contributed by atoms with E-state index in [1.807, 2.05) is 0 Å². The van der Waals surface area contributed by atoms with E-state index in [2.05, 4.69) is 4.13 Å². The molecule has 16 heteroatoms. The topological polar surface area (TPSA) is 14.1 Å². The summed E-state index contributed by atoms with van der Waals surface area (Å²) in [6.07, 6.45) is -20.5.